The average molecular weight is 320 g/mol. The first-order valence-electron chi connectivity index (χ1n) is 7.79. The fourth-order valence-corrected chi connectivity index (χ4v) is 2.23. The lowest BCUT2D eigenvalue weighted by Gasteiger charge is -2.04. The van der Waals surface area contributed by atoms with Crippen LogP contribution in [0.2, 0.25) is 0 Å². The molecule has 0 unspecified atom stereocenters. The van der Waals surface area contributed by atoms with E-state index >= 15 is 0 Å². The highest BCUT2D eigenvalue weighted by molar-refractivity contribution is 6.01. The van der Waals surface area contributed by atoms with E-state index in [2.05, 4.69) is 5.32 Å². The average Bonchev–Trinajstić information content (AvgIpc) is 2.64. The van der Waals surface area contributed by atoms with Crippen LogP contribution in [-0.2, 0) is 9.53 Å². The van der Waals surface area contributed by atoms with Gasteiger partial charge in [-0.2, -0.15) is 5.26 Å². The second-order valence-electron chi connectivity index (χ2n) is 5.26. The Bertz CT molecular complexity index is 728. The van der Waals surface area contributed by atoms with Crippen molar-refractivity contribution in [2.75, 3.05) is 20.3 Å². The molecule has 2 aromatic carbocycles. The SMILES string of the molecule is COCCCNC(=O)C(C#N)=Cc1ccc(-c2ccccc2)cc1. The number of methoxy groups -OCH3 is 1. The van der Waals surface area contributed by atoms with E-state index in [0.29, 0.717) is 19.6 Å². The summed E-state index contributed by atoms with van der Waals surface area (Å²) in [5.74, 6) is -0.360. The van der Waals surface area contributed by atoms with E-state index < -0.39 is 0 Å². The molecule has 24 heavy (non-hydrogen) atoms. The molecule has 0 saturated heterocycles. The Morgan fingerprint density at radius 3 is 2.42 bits per heavy atom. The van der Waals surface area contributed by atoms with Crippen LogP contribution < -0.4 is 5.32 Å². The molecule has 0 saturated carbocycles. The lowest BCUT2D eigenvalue weighted by molar-refractivity contribution is -0.117. The van der Waals surface area contributed by atoms with E-state index in [1.807, 2.05) is 60.7 Å². The first kappa shape index (κ1) is 17.5. The largest absolute Gasteiger partial charge is 0.385 e. The van der Waals surface area contributed by atoms with Crippen molar-refractivity contribution in [3.8, 4) is 17.2 Å². The van der Waals surface area contributed by atoms with Crippen LogP contribution in [0.25, 0.3) is 17.2 Å². The van der Waals surface area contributed by atoms with Crippen LogP contribution in [-0.4, -0.2) is 26.2 Å². The number of benzene rings is 2. The third kappa shape index (κ3) is 5.08. The summed E-state index contributed by atoms with van der Waals surface area (Å²) >= 11 is 0. The summed E-state index contributed by atoms with van der Waals surface area (Å²) in [7, 11) is 1.61. The van der Waals surface area contributed by atoms with Gasteiger partial charge in [0.1, 0.15) is 11.6 Å². The van der Waals surface area contributed by atoms with E-state index in [0.717, 1.165) is 16.7 Å². The fourth-order valence-electron chi connectivity index (χ4n) is 2.23. The van der Waals surface area contributed by atoms with Crippen molar-refractivity contribution in [2.24, 2.45) is 0 Å². The van der Waals surface area contributed by atoms with Gasteiger partial charge in [-0.1, -0.05) is 54.6 Å². The molecule has 0 radical (unpaired) electrons. The highest BCUT2D eigenvalue weighted by atomic mass is 16.5. The molecular formula is C20H20N2O2. The van der Waals surface area contributed by atoms with Crippen LogP contribution in [0.15, 0.2) is 60.2 Å². The van der Waals surface area contributed by atoms with Gasteiger partial charge in [-0.3, -0.25) is 4.79 Å². The predicted octanol–water partition coefficient (Wildman–Crippen LogP) is 3.41. The molecule has 0 bridgehead atoms. The maximum Gasteiger partial charge on any atom is 0.261 e. The number of carbonyl (C=O) groups excluding carboxylic acids is 1. The van der Waals surface area contributed by atoms with Gasteiger partial charge in [0.25, 0.3) is 5.91 Å². The third-order valence-corrected chi connectivity index (χ3v) is 3.50. The van der Waals surface area contributed by atoms with Crippen molar-refractivity contribution in [2.45, 2.75) is 6.42 Å². The van der Waals surface area contributed by atoms with Crippen LogP contribution in [0, 0.1) is 11.3 Å². The lowest BCUT2D eigenvalue weighted by Crippen LogP contribution is -2.26. The quantitative estimate of drug-likeness (QED) is 0.483. The zero-order valence-electron chi connectivity index (χ0n) is 13.7. The molecule has 1 amide bonds. The lowest BCUT2D eigenvalue weighted by atomic mass is 10.0. The summed E-state index contributed by atoms with van der Waals surface area (Å²) in [4.78, 5) is 12.0. The number of carbonyl (C=O) groups is 1. The maximum absolute atomic E-state index is 12.0. The normalized spacial score (nSPS) is 10.9. The minimum absolute atomic E-state index is 0.0971. The Morgan fingerprint density at radius 2 is 1.79 bits per heavy atom. The first-order valence-corrected chi connectivity index (χ1v) is 7.79. The van der Waals surface area contributed by atoms with Gasteiger partial charge in [0.2, 0.25) is 0 Å². The molecule has 4 heteroatoms. The van der Waals surface area contributed by atoms with Gasteiger partial charge in [0, 0.05) is 20.3 Å². The van der Waals surface area contributed by atoms with E-state index in [4.69, 9.17) is 4.74 Å². The summed E-state index contributed by atoms with van der Waals surface area (Å²) in [6.07, 6.45) is 2.31. The van der Waals surface area contributed by atoms with Crippen molar-refractivity contribution in [1.82, 2.24) is 5.32 Å². The number of ether oxygens (including phenoxy) is 1. The molecule has 2 aromatic rings. The standard InChI is InChI=1S/C20H20N2O2/c1-24-13-5-12-22-20(23)19(15-21)14-16-8-10-18(11-9-16)17-6-3-2-4-7-17/h2-4,6-11,14H,5,12-13H2,1H3,(H,22,23). The van der Waals surface area contributed by atoms with Crippen LogP contribution in [0.3, 0.4) is 0 Å². The minimum Gasteiger partial charge on any atom is -0.385 e. The molecule has 0 aromatic heterocycles. The second kappa shape index (κ2) is 9.29. The van der Waals surface area contributed by atoms with E-state index in [1.165, 1.54) is 0 Å². The molecule has 0 aliphatic heterocycles. The minimum atomic E-state index is -0.360. The van der Waals surface area contributed by atoms with E-state index in [9.17, 15) is 10.1 Å². The van der Waals surface area contributed by atoms with Gasteiger partial charge in [-0.05, 0) is 29.2 Å². The highest BCUT2D eigenvalue weighted by Crippen LogP contribution is 2.20. The number of nitriles is 1. The Balaban J connectivity index is 2.05. The fraction of sp³-hybridized carbons (Fsp3) is 0.200. The smallest absolute Gasteiger partial charge is 0.261 e. The summed E-state index contributed by atoms with van der Waals surface area (Å²) < 4.78 is 4.92. The second-order valence-corrected chi connectivity index (χ2v) is 5.26. The molecule has 0 spiro atoms. The van der Waals surface area contributed by atoms with Gasteiger partial charge in [-0.15, -0.1) is 0 Å². The molecule has 2 rings (SSSR count). The van der Waals surface area contributed by atoms with Gasteiger partial charge < -0.3 is 10.1 Å². The molecule has 122 valence electrons. The molecule has 0 heterocycles. The third-order valence-electron chi connectivity index (χ3n) is 3.50. The van der Waals surface area contributed by atoms with Crippen LogP contribution in [0.1, 0.15) is 12.0 Å². The van der Waals surface area contributed by atoms with Gasteiger partial charge in [0.15, 0.2) is 0 Å². The Labute approximate surface area is 142 Å². The zero-order valence-corrected chi connectivity index (χ0v) is 13.7. The number of rotatable bonds is 7. The monoisotopic (exact) mass is 320 g/mol. The topological polar surface area (TPSA) is 62.1 Å². The summed E-state index contributed by atoms with van der Waals surface area (Å²) in [6.45, 7) is 1.06. The van der Waals surface area contributed by atoms with Crippen molar-refractivity contribution in [3.05, 3.63) is 65.7 Å². The van der Waals surface area contributed by atoms with Gasteiger partial charge in [0.05, 0.1) is 0 Å². The number of nitrogens with zero attached hydrogens (tertiary/aromatic N) is 1. The molecule has 0 aliphatic carbocycles. The summed E-state index contributed by atoms with van der Waals surface area (Å²) in [5.41, 5.74) is 3.14. The number of nitrogens with one attached hydrogen (secondary N) is 1. The number of hydrogen-bond donors (Lipinski definition) is 1. The maximum atomic E-state index is 12.0. The van der Waals surface area contributed by atoms with Crippen molar-refractivity contribution < 1.29 is 9.53 Å². The number of hydrogen-bond acceptors (Lipinski definition) is 3. The van der Waals surface area contributed by atoms with Crippen molar-refractivity contribution in [3.63, 3.8) is 0 Å². The van der Waals surface area contributed by atoms with E-state index in [-0.39, 0.29) is 11.5 Å². The van der Waals surface area contributed by atoms with Crippen molar-refractivity contribution in [1.29, 1.82) is 5.26 Å². The Morgan fingerprint density at radius 1 is 1.12 bits per heavy atom. The number of amides is 1. The molecule has 0 atom stereocenters. The zero-order chi connectivity index (χ0) is 17.2. The van der Waals surface area contributed by atoms with Crippen molar-refractivity contribution >= 4 is 12.0 Å². The molecule has 0 fully saturated rings. The van der Waals surface area contributed by atoms with Crippen LogP contribution in [0.5, 0.6) is 0 Å². The predicted molar refractivity (Wildman–Crippen MR) is 95.0 cm³/mol. The van der Waals surface area contributed by atoms with Gasteiger partial charge in [-0.25, -0.2) is 0 Å². The molecule has 0 aliphatic rings. The molecule has 1 N–H and O–H groups in total. The molecular weight excluding hydrogens is 300 g/mol. The highest BCUT2D eigenvalue weighted by Gasteiger charge is 2.08. The summed E-state index contributed by atoms with van der Waals surface area (Å²) in [6, 6.07) is 19.8. The van der Waals surface area contributed by atoms with Crippen LogP contribution in [0.4, 0.5) is 0 Å². The van der Waals surface area contributed by atoms with Crippen LogP contribution >= 0.6 is 0 Å². The summed E-state index contributed by atoms with van der Waals surface area (Å²) in [5, 5.41) is 11.9. The Hall–Kier alpha value is -2.90. The Kier molecular flexibility index (Phi) is 6.75. The van der Waals surface area contributed by atoms with Gasteiger partial charge >= 0.3 is 0 Å². The molecule has 4 nitrogen and oxygen atoms in total. The van der Waals surface area contributed by atoms with E-state index in [1.54, 1.807) is 13.2 Å². The first-order chi connectivity index (χ1) is 11.7.